The van der Waals surface area contributed by atoms with Crippen LogP contribution in [0.25, 0.3) is 0 Å². The second-order valence-corrected chi connectivity index (χ2v) is 4.52. The third-order valence-corrected chi connectivity index (χ3v) is 2.89. The molecule has 108 valence electrons. The molecule has 0 aliphatic rings. The molecule has 2 aromatic carbocycles. The summed E-state index contributed by atoms with van der Waals surface area (Å²) in [5.41, 5.74) is 7.67. The van der Waals surface area contributed by atoms with Gasteiger partial charge in [0.2, 0.25) is 0 Å². The summed E-state index contributed by atoms with van der Waals surface area (Å²) in [6.07, 6.45) is 0. The molecule has 0 saturated heterocycles. The number of hydrogen-bond acceptors (Lipinski definition) is 2. The highest BCUT2D eigenvalue weighted by Crippen LogP contribution is 2.20. The Hall–Kier alpha value is -2.38. The van der Waals surface area contributed by atoms with Gasteiger partial charge >= 0.3 is 0 Å². The van der Waals surface area contributed by atoms with Crippen LogP contribution in [0.4, 0.5) is 8.78 Å². The molecule has 0 fully saturated rings. The van der Waals surface area contributed by atoms with Crippen molar-refractivity contribution in [2.75, 3.05) is 6.54 Å². The molecule has 0 aliphatic carbocycles. The second kappa shape index (κ2) is 6.87. The molecule has 0 unspecified atom stereocenters. The van der Waals surface area contributed by atoms with E-state index in [4.69, 9.17) is 10.5 Å². The van der Waals surface area contributed by atoms with Crippen molar-refractivity contribution in [1.29, 1.82) is 0 Å². The number of ether oxygens (including phenoxy) is 1. The van der Waals surface area contributed by atoms with Crippen LogP contribution in [0.5, 0.6) is 5.75 Å². The minimum absolute atomic E-state index is 0.172. The largest absolute Gasteiger partial charge is 0.489 e. The zero-order valence-corrected chi connectivity index (χ0v) is 11.6. The van der Waals surface area contributed by atoms with Crippen LogP contribution in [0.2, 0.25) is 0 Å². The van der Waals surface area contributed by atoms with Crippen molar-refractivity contribution < 1.29 is 13.5 Å². The second-order valence-electron chi connectivity index (χ2n) is 4.52. The van der Waals surface area contributed by atoms with Gasteiger partial charge in [-0.15, -0.1) is 0 Å². The van der Waals surface area contributed by atoms with Crippen molar-refractivity contribution in [3.8, 4) is 17.6 Å². The van der Waals surface area contributed by atoms with Gasteiger partial charge in [0.1, 0.15) is 12.4 Å². The van der Waals surface area contributed by atoms with Crippen LogP contribution in [-0.4, -0.2) is 6.54 Å². The Balaban J connectivity index is 2.07. The average Bonchev–Trinajstić information content (AvgIpc) is 2.47. The Morgan fingerprint density at radius 1 is 1.10 bits per heavy atom. The van der Waals surface area contributed by atoms with E-state index in [1.807, 2.05) is 19.1 Å². The van der Waals surface area contributed by atoms with Gasteiger partial charge in [-0.25, -0.2) is 8.78 Å². The Morgan fingerprint density at radius 3 is 2.57 bits per heavy atom. The van der Waals surface area contributed by atoms with Crippen LogP contribution >= 0.6 is 0 Å². The molecule has 2 aromatic rings. The quantitative estimate of drug-likeness (QED) is 0.880. The van der Waals surface area contributed by atoms with Crippen molar-refractivity contribution in [2.45, 2.75) is 13.5 Å². The molecule has 0 amide bonds. The minimum Gasteiger partial charge on any atom is -0.489 e. The summed E-state index contributed by atoms with van der Waals surface area (Å²) in [7, 11) is 0. The predicted molar refractivity (Wildman–Crippen MR) is 77.8 cm³/mol. The van der Waals surface area contributed by atoms with Crippen LogP contribution in [0.15, 0.2) is 36.4 Å². The van der Waals surface area contributed by atoms with E-state index in [2.05, 4.69) is 11.8 Å². The van der Waals surface area contributed by atoms with E-state index in [0.717, 1.165) is 23.3 Å². The molecule has 0 saturated carbocycles. The van der Waals surface area contributed by atoms with E-state index in [0.29, 0.717) is 17.9 Å². The summed E-state index contributed by atoms with van der Waals surface area (Å²) in [6, 6.07) is 9.24. The molecule has 0 atom stereocenters. The smallest absolute Gasteiger partial charge is 0.159 e. The fraction of sp³-hybridized carbons (Fsp3) is 0.176. The molecular weight excluding hydrogens is 272 g/mol. The summed E-state index contributed by atoms with van der Waals surface area (Å²) in [4.78, 5) is 0. The first-order valence-electron chi connectivity index (χ1n) is 6.46. The lowest BCUT2D eigenvalue weighted by Gasteiger charge is -2.09. The molecule has 21 heavy (non-hydrogen) atoms. The maximum Gasteiger partial charge on any atom is 0.159 e. The average molecular weight is 287 g/mol. The van der Waals surface area contributed by atoms with Crippen molar-refractivity contribution in [3.63, 3.8) is 0 Å². The van der Waals surface area contributed by atoms with E-state index in [-0.39, 0.29) is 6.61 Å². The number of hydrogen-bond donors (Lipinski definition) is 1. The van der Waals surface area contributed by atoms with Crippen LogP contribution in [-0.2, 0) is 6.61 Å². The zero-order chi connectivity index (χ0) is 15.2. The first-order valence-corrected chi connectivity index (χ1v) is 6.46. The fourth-order valence-corrected chi connectivity index (χ4v) is 1.83. The van der Waals surface area contributed by atoms with Crippen molar-refractivity contribution in [1.82, 2.24) is 0 Å². The number of nitrogens with two attached hydrogens (primary N) is 1. The molecule has 0 aliphatic heterocycles. The lowest BCUT2D eigenvalue weighted by Crippen LogP contribution is -1.99. The highest BCUT2D eigenvalue weighted by molar-refractivity contribution is 5.43. The highest BCUT2D eigenvalue weighted by atomic mass is 19.2. The SMILES string of the molecule is Cc1cc(C#CCN)ccc1OCc1ccc(F)c(F)c1. The third kappa shape index (κ3) is 4.04. The van der Waals surface area contributed by atoms with Gasteiger partial charge in [-0.2, -0.15) is 0 Å². The summed E-state index contributed by atoms with van der Waals surface area (Å²) < 4.78 is 31.5. The van der Waals surface area contributed by atoms with Gasteiger partial charge in [-0.1, -0.05) is 17.9 Å². The Morgan fingerprint density at radius 2 is 1.90 bits per heavy atom. The number of aryl methyl sites for hydroxylation is 1. The van der Waals surface area contributed by atoms with E-state index in [1.165, 1.54) is 6.07 Å². The zero-order valence-electron chi connectivity index (χ0n) is 11.6. The molecular formula is C17H15F2NO. The number of halogens is 2. The minimum atomic E-state index is -0.875. The van der Waals surface area contributed by atoms with E-state index in [1.54, 1.807) is 6.07 Å². The maximum absolute atomic E-state index is 13.1. The van der Waals surface area contributed by atoms with Crippen LogP contribution in [0.3, 0.4) is 0 Å². The Labute approximate surface area is 122 Å². The van der Waals surface area contributed by atoms with Crippen LogP contribution in [0.1, 0.15) is 16.7 Å². The number of benzene rings is 2. The van der Waals surface area contributed by atoms with Gasteiger partial charge in [0, 0.05) is 5.56 Å². The lowest BCUT2D eigenvalue weighted by atomic mass is 10.1. The van der Waals surface area contributed by atoms with E-state index >= 15 is 0 Å². The standard InChI is InChI=1S/C17H15F2NO/c1-12-9-13(3-2-8-20)5-7-17(12)21-11-14-4-6-15(18)16(19)10-14/h4-7,9-10H,8,11,20H2,1H3. The lowest BCUT2D eigenvalue weighted by molar-refractivity contribution is 0.303. The monoisotopic (exact) mass is 287 g/mol. The molecule has 0 radical (unpaired) electrons. The van der Waals surface area contributed by atoms with Gasteiger partial charge in [0.25, 0.3) is 0 Å². The molecule has 0 aromatic heterocycles. The fourth-order valence-electron chi connectivity index (χ4n) is 1.83. The molecule has 2 rings (SSSR count). The first-order chi connectivity index (χ1) is 10.1. The summed E-state index contributed by atoms with van der Waals surface area (Å²) >= 11 is 0. The molecule has 2 N–H and O–H groups in total. The highest BCUT2D eigenvalue weighted by Gasteiger charge is 2.05. The van der Waals surface area contributed by atoms with Crippen LogP contribution in [0, 0.1) is 30.4 Å². The van der Waals surface area contributed by atoms with Gasteiger partial charge < -0.3 is 10.5 Å². The van der Waals surface area contributed by atoms with E-state index < -0.39 is 11.6 Å². The Bertz CT molecular complexity index is 702. The molecule has 0 bridgehead atoms. The van der Waals surface area contributed by atoms with Gasteiger partial charge in [-0.05, 0) is 48.4 Å². The maximum atomic E-state index is 13.1. The number of rotatable bonds is 3. The van der Waals surface area contributed by atoms with Crippen LogP contribution < -0.4 is 10.5 Å². The topological polar surface area (TPSA) is 35.2 Å². The Kier molecular flexibility index (Phi) is 4.91. The molecule has 4 heteroatoms. The molecule has 0 heterocycles. The van der Waals surface area contributed by atoms with E-state index in [9.17, 15) is 8.78 Å². The van der Waals surface area contributed by atoms with Gasteiger partial charge in [-0.3, -0.25) is 0 Å². The third-order valence-electron chi connectivity index (χ3n) is 2.89. The van der Waals surface area contributed by atoms with Gasteiger partial charge in [0.05, 0.1) is 6.54 Å². The first kappa shape index (κ1) is 15.0. The van der Waals surface area contributed by atoms with Crippen molar-refractivity contribution >= 4 is 0 Å². The predicted octanol–water partition coefficient (Wildman–Crippen LogP) is 3.16. The summed E-state index contributed by atoms with van der Waals surface area (Å²) in [5, 5.41) is 0. The van der Waals surface area contributed by atoms with Crippen molar-refractivity contribution in [2.24, 2.45) is 5.73 Å². The van der Waals surface area contributed by atoms with Gasteiger partial charge in [0.15, 0.2) is 11.6 Å². The van der Waals surface area contributed by atoms with Crippen molar-refractivity contribution in [3.05, 3.63) is 64.7 Å². The summed E-state index contributed by atoms with van der Waals surface area (Å²) in [5.74, 6) is 4.66. The normalized spacial score (nSPS) is 9.90. The molecule has 2 nitrogen and oxygen atoms in total. The summed E-state index contributed by atoms with van der Waals surface area (Å²) in [6.45, 7) is 2.38. The molecule has 0 spiro atoms.